The van der Waals surface area contributed by atoms with Crippen LogP contribution in [0.25, 0.3) is 0 Å². The molecule has 6 nitrogen and oxygen atoms in total. The van der Waals surface area contributed by atoms with Gasteiger partial charge in [0.2, 0.25) is 5.91 Å². The summed E-state index contributed by atoms with van der Waals surface area (Å²) in [6.45, 7) is 0.955. The zero-order valence-electron chi connectivity index (χ0n) is 14.9. The number of ether oxygens (including phenoxy) is 1. The first kappa shape index (κ1) is 19.0. The van der Waals surface area contributed by atoms with Crippen LogP contribution in [0.4, 0.5) is 10.5 Å². The molecule has 0 spiro atoms. The van der Waals surface area contributed by atoms with Gasteiger partial charge in [-0.2, -0.15) is 0 Å². The molecule has 2 amide bonds. The second-order valence-corrected chi connectivity index (χ2v) is 6.99. The summed E-state index contributed by atoms with van der Waals surface area (Å²) in [4.78, 5) is 26.1. The van der Waals surface area contributed by atoms with Crippen LogP contribution in [0.3, 0.4) is 0 Å². The van der Waals surface area contributed by atoms with E-state index in [9.17, 15) is 9.59 Å². The molecule has 0 radical (unpaired) electrons. The van der Waals surface area contributed by atoms with E-state index in [1.54, 1.807) is 17.0 Å². The minimum atomic E-state index is -0.943. The van der Waals surface area contributed by atoms with Crippen LogP contribution in [0.5, 0.6) is 0 Å². The lowest BCUT2D eigenvalue weighted by molar-refractivity contribution is -0.123. The smallest absolute Gasteiger partial charge is 0.410 e. The summed E-state index contributed by atoms with van der Waals surface area (Å²) in [7, 11) is 0. The predicted molar refractivity (Wildman–Crippen MR) is 104 cm³/mol. The number of nitrogens with one attached hydrogen (secondary N) is 1. The molecule has 0 aromatic heterocycles. The van der Waals surface area contributed by atoms with E-state index >= 15 is 0 Å². The summed E-state index contributed by atoms with van der Waals surface area (Å²) < 4.78 is 5.36. The van der Waals surface area contributed by atoms with Gasteiger partial charge in [0, 0.05) is 13.1 Å². The van der Waals surface area contributed by atoms with Crippen LogP contribution >= 0.6 is 11.6 Å². The average molecular weight is 388 g/mol. The maximum absolute atomic E-state index is 12.3. The first-order valence-electron chi connectivity index (χ1n) is 8.78. The molecule has 3 rings (SSSR count). The number of halogens is 1. The number of primary amides is 1. The number of nitrogens with zero attached hydrogens (tertiary/aromatic N) is 1. The number of rotatable bonds is 5. The lowest BCUT2D eigenvalue weighted by Gasteiger charge is -2.40. The molecule has 27 heavy (non-hydrogen) atoms. The first-order chi connectivity index (χ1) is 13.0. The van der Waals surface area contributed by atoms with Crippen molar-refractivity contribution in [1.29, 1.82) is 0 Å². The third kappa shape index (κ3) is 4.52. The van der Waals surface area contributed by atoms with Crippen LogP contribution in [0.1, 0.15) is 18.4 Å². The van der Waals surface area contributed by atoms with Crippen LogP contribution in [0.15, 0.2) is 54.6 Å². The Labute approximate surface area is 163 Å². The second kappa shape index (κ2) is 8.31. The molecule has 7 heteroatoms. The van der Waals surface area contributed by atoms with Crippen molar-refractivity contribution in [3.8, 4) is 0 Å². The molecule has 142 valence electrons. The molecule has 1 saturated heterocycles. The minimum Gasteiger partial charge on any atom is -0.445 e. The van der Waals surface area contributed by atoms with Crippen molar-refractivity contribution < 1.29 is 14.3 Å². The molecule has 2 aromatic rings. The molecule has 0 aliphatic carbocycles. The normalized spacial score (nSPS) is 15.8. The topological polar surface area (TPSA) is 84.7 Å². The van der Waals surface area contributed by atoms with E-state index in [0.717, 1.165) is 5.56 Å². The Kier molecular flexibility index (Phi) is 5.86. The van der Waals surface area contributed by atoms with Gasteiger partial charge in [0.1, 0.15) is 12.1 Å². The SMILES string of the molecule is NC(=O)C1(Nc2ccccc2Cl)CCN(C(=O)OCc2ccccc2)CC1. The molecule has 1 aliphatic heterocycles. The Morgan fingerprint density at radius 3 is 2.33 bits per heavy atom. The molecule has 2 aromatic carbocycles. The van der Waals surface area contributed by atoms with Crippen molar-refractivity contribution in [2.45, 2.75) is 25.0 Å². The number of hydrogen-bond donors (Lipinski definition) is 2. The summed E-state index contributed by atoms with van der Waals surface area (Å²) in [5.74, 6) is -0.459. The van der Waals surface area contributed by atoms with Crippen molar-refractivity contribution in [2.24, 2.45) is 5.73 Å². The molecule has 1 heterocycles. The highest BCUT2D eigenvalue weighted by Crippen LogP contribution is 2.31. The number of likely N-dealkylation sites (tertiary alicyclic amines) is 1. The maximum atomic E-state index is 12.3. The second-order valence-electron chi connectivity index (χ2n) is 6.58. The van der Waals surface area contributed by atoms with E-state index in [1.165, 1.54) is 0 Å². The van der Waals surface area contributed by atoms with Gasteiger partial charge in [-0.3, -0.25) is 4.79 Å². The highest BCUT2D eigenvalue weighted by molar-refractivity contribution is 6.33. The van der Waals surface area contributed by atoms with E-state index in [4.69, 9.17) is 22.1 Å². The summed E-state index contributed by atoms with van der Waals surface area (Å²) in [5.41, 5.74) is 6.31. The van der Waals surface area contributed by atoms with Crippen molar-refractivity contribution >= 4 is 29.3 Å². The minimum absolute atomic E-state index is 0.217. The molecule has 0 atom stereocenters. The Balaban J connectivity index is 1.60. The Morgan fingerprint density at radius 1 is 1.07 bits per heavy atom. The third-order valence-corrected chi connectivity index (χ3v) is 5.13. The third-order valence-electron chi connectivity index (χ3n) is 4.80. The fraction of sp³-hybridized carbons (Fsp3) is 0.300. The molecular formula is C20H22ClN3O3. The van der Waals surface area contributed by atoms with Gasteiger partial charge in [-0.05, 0) is 30.5 Å². The van der Waals surface area contributed by atoms with E-state index in [2.05, 4.69) is 5.32 Å². The highest BCUT2D eigenvalue weighted by atomic mass is 35.5. The van der Waals surface area contributed by atoms with Gasteiger partial charge in [-0.25, -0.2) is 4.79 Å². The number of benzene rings is 2. The van der Waals surface area contributed by atoms with Crippen LogP contribution < -0.4 is 11.1 Å². The van der Waals surface area contributed by atoms with E-state index in [1.807, 2.05) is 42.5 Å². The van der Waals surface area contributed by atoms with Gasteiger partial charge >= 0.3 is 6.09 Å². The van der Waals surface area contributed by atoms with Crippen molar-refractivity contribution in [1.82, 2.24) is 4.90 Å². The lowest BCUT2D eigenvalue weighted by Crippen LogP contribution is -2.58. The fourth-order valence-corrected chi connectivity index (χ4v) is 3.32. The van der Waals surface area contributed by atoms with Gasteiger partial charge < -0.3 is 20.7 Å². The molecule has 0 bridgehead atoms. The van der Waals surface area contributed by atoms with Crippen molar-refractivity contribution in [2.75, 3.05) is 18.4 Å². The van der Waals surface area contributed by atoms with Crippen molar-refractivity contribution in [3.63, 3.8) is 0 Å². The highest BCUT2D eigenvalue weighted by Gasteiger charge is 2.41. The fourth-order valence-electron chi connectivity index (χ4n) is 3.13. The molecule has 0 unspecified atom stereocenters. The standard InChI is InChI=1S/C20H22ClN3O3/c21-16-8-4-5-9-17(16)23-20(18(22)25)10-12-24(13-11-20)19(26)27-14-15-6-2-1-3-7-15/h1-9,23H,10-14H2,(H2,22,25). The van der Waals surface area contributed by atoms with Crippen LogP contribution in [-0.2, 0) is 16.1 Å². The number of hydrogen-bond acceptors (Lipinski definition) is 4. The van der Waals surface area contributed by atoms with Gasteiger partial charge in [0.05, 0.1) is 10.7 Å². The summed E-state index contributed by atoms with van der Waals surface area (Å²) >= 11 is 6.19. The Hall–Kier alpha value is -2.73. The monoisotopic (exact) mass is 387 g/mol. The zero-order chi connectivity index (χ0) is 19.3. The number of carbonyl (C=O) groups is 2. The lowest BCUT2D eigenvalue weighted by atomic mass is 9.86. The van der Waals surface area contributed by atoms with Crippen LogP contribution in [0.2, 0.25) is 5.02 Å². The van der Waals surface area contributed by atoms with Gasteiger partial charge in [0.15, 0.2) is 0 Å². The summed E-state index contributed by atoms with van der Waals surface area (Å²) in [6.07, 6.45) is 0.372. The number of nitrogens with two attached hydrogens (primary N) is 1. The average Bonchev–Trinajstić information content (AvgIpc) is 2.69. The maximum Gasteiger partial charge on any atom is 0.410 e. The van der Waals surface area contributed by atoms with Crippen LogP contribution in [-0.4, -0.2) is 35.5 Å². The number of amides is 2. The molecule has 1 aliphatic rings. The van der Waals surface area contributed by atoms with Crippen molar-refractivity contribution in [3.05, 3.63) is 65.2 Å². The molecular weight excluding hydrogens is 366 g/mol. The Bertz CT molecular complexity index is 805. The Morgan fingerprint density at radius 2 is 1.70 bits per heavy atom. The predicted octanol–water partition coefficient (Wildman–Crippen LogP) is 3.41. The number of para-hydroxylation sites is 1. The van der Waals surface area contributed by atoms with E-state index in [-0.39, 0.29) is 6.61 Å². The molecule has 0 saturated carbocycles. The number of carbonyl (C=O) groups excluding carboxylic acids is 2. The van der Waals surface area contributed by atoms with Gasteiger partial charge in [-0.1, -0.05) is 54.1 Å². The van der Waals surface area contributed by atoms with Gasteiger partial charge in [0.25, 0.3) is 0 Å². The number of anilines is 1. The summed E-state index contributed by atoms with van der Waals surface area (Å²) in [5, 5.41) is 3.71. The van der Waals surface area contributed by atoms with E-state index in [0.29, 0.717) is 36.6 Å². The molecule has 1 fully saturated rings. The largest absolute Gasteiger partial charge is 0.445 e. The van der Waals surface area contributed by atoms with Crippen LogP contribution in [0, 0.1) is 0 Å². The first-order valence-corrected chi connectivity index (χ1v) is 9.16. The summed E-state index contributed by atoms with van der Waals surface area (Å²) in [6, 6.07) is 16.7. The quantitative estimate of drug-likeness (QED) is 0.823. The zero-order valence-corrected chi connectivity index (χ0v) is 15.6. The van der Waals surface area contributed by atoms with Gasteiger partial charge in [-0.15, -0.1) is 0 Å². The van der Waals surface area contributed by atoms with E-state index < -0.39 is 17.5 Å². The number of piperidine rings is 1. The molecule has 3 N–H and O–H groups in total.